The summed E-state index contributed by atoms with van der Waals surface area (Å²) >= 11 is 7.31. The molecule has 7 nitrogen and oxygen atoms in total. The van der Waals surface area contributed by atoms with Crippen LogP contribution in [0, 0.1) is 10.1 Å². The molecule has 0 atom stereocenters. The lowest BCUT2D eigenvalue weighted by molar-refractivity contribution is -0.384. The minimum absolute atomic E-state index is 0.0943. The van der Waals surface area contributed by atoms with Crippen LogP contribution in [0.2, 0.25) is 5.15 Å². The number of nitrogens with one attached hydrogen (secondary N) is 2. The third kappa shape index (κ3) is 3.72. The number of thioether (sulfide) groups is 1. The van der Waals surface area contributed by atoms with Crippen molar-refractivity contribution >= 4 is 45.9 Å². The molecule has 0 spiro atoms. The average Bonchev–Trinajstić information content (AvgIpc) is 2.94. The Morgan fingerprint density at radius 2 is 2.09 bits per heavy atom. The predicted molar refractivity (Wildman–Crippen MR) is 91.2 cm³/mol. The zero-order valence-electron chi connectivity index (χ0n) is 11.8. The maximum absolute atomic E-state index is 10.9. The molecule has 0 aliphatic carbocycles. The number of para-hydroxylation sites is 2. The van der Waals surface area contributed by atoms with Crippen LogP contribution in [0.4, 0.5) is 11.5 Å². The first kappa shape index (κ1) is 15.6. The molecule has 0 bridgehead atoms. The molecule has 3 rings (SSSR count). The average molecular weight is 350 g/mol. The lowest BCUT2D eigenvalue weighted by Crippen LogP contribution is -2.08. The van der Waals surface area contributed by atoms with Crippen molar-refractivity contribution in [3.63, 3.8) is 0 Å². The molecule has 2 N–H and O–H groups in total. The van der Waals surface area contributed by atoms with E-state index in [0.29, 0.717) is 12.3 Å². The van der Waals surface area contributed by atoms with Crippen LogP contribution < -0.4 is 5.32 Å². The number of rotatable bonds is 6. The van der Waals surface area contributed by atoms with Gasteiger partial charge >= 0.3 is 5.69 Å². The van der Waals surface area contributed by atoms with Crippen molar-refractivity contribution in [3.8, 4) is 0 Å². The second-order valence-corrected chi connectivity index (χ2v) is 6.06. The molecule has 0 amide bonds. The summed E-state index contributed by atoms with van der Waals surface area (Å²) in [6, 6.07) is 10.5. The number of halogens is 1. The van der Waals surface area contributed by atoms with E-state index >= 15 is 0 Å². The van der Waals surface area contributed by atoms with Crippen LogP contribution in [0.3, 0.4) is 0 Å². The summed E-state index contributed by atoms with van der Waals surface area (Å²) in [5.74, 6) is 0.846. The fraction of sp³-hybridized carbons (Fsp3) is 0.143. The van der Waals surface area contributed by atoms with E-state index < -0.39 is 4.92 Å². The molecule has 1 aromatic carbocycles. The Kier molecular flexibility index (Phi) is 4.63. The Hall–Kier alpha value is -2.32. The highest BCUT2D eigenvalue weighted by atomic mass is 35.5. The molecule has 0 saturated carbocycles. The topological polar surface area (TPSA) is 96.7 Å². The van der Waals surface area contributed by atoms with Crippen LogP contribution in [-0.4, -0.2) is 32.2 Å². The molecule has 0 saturated heterocycles. The largest absolute Gasteiger partial charge is 0.363 e. The van der Waals surface area contributed by atoms with Gasteiger partial charge in [0.15, 0.2) is 5.16 Å². The Morgan fingerprint density at radius 1 is 1.26 bits per heavy atom. The SMILES string of the molecule is O=[N+]([O-])c1ccc(Cl)nc1NCCSc1nc2ccccc2[nH]1. The van der Waals surface area contributed by atoms with Crippen molar-refractivity contribution in [2.45, 2.75) is 5.16 Å². The summed E-state index contributed by atoms with van der Waals surface area (Å²) in [6.07, 6.45) is 0. The van der Waals surface area contributed by atoms with Crippen molar-refractivity contribution in [2.24, 2.45) is 0 Å². The van der Waals surface area contributed by atoms with E-state index in [0.717, 1.165) is 16.2 Å². The summed E-state index contributed by atoms with van der Waals surface area (Å²) in [7, 11) is 0. The highest BCUT2D eigenvalue weighted by molar-refractivity contribution is 7.99. The van der Waals surface area contributed by atoms with Crippen LogP contribution in [-0.2, 0) is 0 Å². The van der Waals surface area contributed by atoms with E-state index in [4.69, 9.17) is 11.6 Å². The van der Waals surface area contributed by atoms with Gasteiger partial charge in [-0.3, -0.25) is 10.1 Å². The number of pyridine rings is 1. The Balaban J connectivity index is 1.59. The third-order valence-corrected chi connectivity index (χ3v) is 4.12. The third-order valence-electron chi connectivity index (χ3n) is 3.04. The van der Waals surface area contributed by atoms with Gasteiger partial charge in [-0.15, -0.1) is 0 Å². The smallest absolute Gasteiger partial charge is 0.311 e. The fourth-order valence-corrected chi connectivity index (χ4v) is 2.91. The molecular formula is C14H12ClN5O2S. The monoisotopic (exact) mass is 349 g/mol. The lowest BCUT2D eigenvalue weighted by Gasteiger charge is -2.05. The zero-order chi connectivity index (χ0) is 16.2. The number of benzene rings is 1. The molecule has 0 fully saturated rings. The summed E-state index contributed by atoms with van der Waals surface area (Å²) in [6.45, 7) is 0.496. The van der Waals surface area contributed by atoms with Crippen LogP contribution in [0.1, 0.15) is 0 Å². The summed E-state index contributed by atoms with van der Waals surface area (Å²) in [5.41, 5.74) is 1.80. The standard InChI is InChI=1S/C14H12ClN5O2S/c15-12-6-5-11(20(21)22)13(19-12)16-7-8-23-14-17-9-3-1-2-4-10(9)18-14/h1-6H,7-8H2,(H,16,19)(H,17,18). The van der Waals surface area contributed by atoms with E-state index in [-0.39, 0.29) is 16.7 Å². The first-order valence-electron chi connectivity index (χ1n) is 6.76. The maximum atomic E-state index is 10.9. The lowest BCUT2D eigenvalue weighted by atomic mass is 10.3. The van der Waals surface area contributed by atoms with Gasteiger partial charge in [0.25, 0.3) is 0 Å². The van der Waals surface area contributed by atoms with Crippen molar-refractivity contribution in [3.05, 3.63) is 51.7 Å². The van der Waals surface area contributed by atoms with Gasteiger partial charge in [0, 0.05) is 18.4 Å². The second kappa shape index (κ2) is 6.84. The Morgan fingerprint density at radius 3 is 2.87 bits per heavy atom. The minimum atomic E-state index is -0.488. The number of hydrogen-bond donors (Lipinski definition) is 2. The van der Waals surface area contributed by atoms with Gasteiger partial charge in [0.05, 0.1) is 16.0 Å². The van der Waals surface area contributed by atoms with Crippen molar-refractivity contribution in [2.75, 3.05) is 17.6 Å². The van der Waals surface area contributed by atoms with Crippen LogP contribution in [0.15, 0.2) is 41.6 Å². The molecule has 0 aliphatic heterocycles. The number of nitro groups is 1. The number of fused-ring (bicyclic) bond motifs is 1. The van der Waals surface area contributed by atoms with Gasteiger partial charge in [-0.25, -0.2) is 9.97 Å². The number of H-pyrrole nitrogens is 1. The summed E-state index contributed by atoms with van der Waals surface area (Å²) in [4.78, 5) is 22.1. The molecule has 118 valence electrons. The van der Waals surface area contributed by atoms with Gasteiger partial charge in [-0.2, -0.15) is 0 Å². The first-order chi connectivity index (χ1) is 11.1. The minimum Gasteiger partial charge on any atom is -0.363 e. The molecule has 3 aromatic rings. The molecule has 9 heteroatoms. The van der Waals surface area contributed by atoms with Crippen molar-refractivity contribution in [1.82, 2.24) is 15.0 Å². The molecule has 23 heavy (non-hydrogen) atoms. The van der Waals surface area contributed by atoms with Crippen molar-refractivity contribution in [1.29, 1.82) is 0 Å². The zero-order valence-corrected chi connectivity index (χ0v) is 13.4. The molecule has 2 aromatic heterocycles. The molecule has 0 aliphatic rings. The molecular weight excluding hydrogens is 338 g/mol. The van der Waals surface area contributed by atoms with E-state index in [1.54, 1.807) is 0 Å². The molecule has 0 radical (unpaired) electrons. The van der Waals surface area contributed by atoms with Crippen LogP contribution >= 0.6 is 23.4 Å². The van der Waals surface area contributed by atoms with Gasteiger partial charge in [-0.1, -0.05) is 35.5 Å². The number of anilines is 1. The van der Waals surface area contributed by atoms with Gasteiger partial charge < -0.3 is 10.3 Å². The van der Waals surface area contributed by atoms with Crippen LogP contribution in [0.5, 0.6) is 0 Å². The number of aromatic nitrogens is 3. The quantitative estimate of drug-likeness (QED) is 0.231. The van der Waals surface area contributed by atoms with Gasteiger partial charge in [0.2, 0.25) is 5.82 Å². The maximum Gasteiger partial charge on any atom is 0.311 e. The van der Waals surface area contributed by atoms with E-state index in [2.05, 4.69) is 20.3 Å². The number of nitrogens with zero attached hydrogens (tertiary/aromatic N) is 3. The number of imidazole rings is 1. The highest BCUT2D eigenvalue weighted by Gasteiger charge is 2.15. The Labute approximate surface area is 140 Å². The summed E-state index contributed by atoms with van der Waals surface area (Å²) < 4.78 is 0. The number of aromatic amines is 1. The Bertz CT molecular complexity index is 821. The van der Waals surface area contributed by atoms with E-state index in [1.165, 1.54) is 23.9 Å². The predicted octanol–water partition coefficient (Wildman–Crippen LogP) is 3.72. The van der Waals surface area contributed by atoms with E-state index in [1.807, 2.05) is 24.3 Å². The van der Waals surface area contributed by atoms with Crippen molar-refractivity contribution < 1.29 is 4.92 Å². The summed E-state index contributed by atoms with van der Waals surface area (Å²) in [5, 5.41) is 14.9. The van der Waals surface area contributed by atoms with Gasteiger partial charge in [0.1, 0.15) is 5.15 Å². The van der Waals surface area contributed by atoms with Gasteiger partial charge in [-0.05, 0) is 18.2 Å². The highest BCUT2D eigenvalue weighted by Crippen LogP contribution is 2.24. The first-order valence-corrected chi connectivity index (χ1v) is 8.12. The van der Waals surface area contributed by atoms with Crippen LogP contribution in [0.25, 0.3) is 11.0 Å². The molecule has 2 heterocycles. The second-order valence-electron chi connectivity index (χ2n) is 4.59. The van der Waals surface area contributed by atoms with E-state index in [9.17, 15) is 10.1 Å². The number of hydrogen-bond acceptors (Lipinski definition) is 6. The fourth-order valence-electron chi connectivity index (χ4n) is 2.02. The normalized spacial score (nSPS) is 10.8. The molecule has 0 unspecified atom stereocenters.